The van der Waals surface area contributed by atoms with Gasteiger partial charge in [-0.1, -0.05) is 92.1 Å². The van der Waals surface area contributed by atoms with E-state index < -0.39 is 28.5 Å². The van der Waals surface area contributed by atoms with Crippen molar-refractivity contribution >= 4 is 32.6 Å². The molecule has 45 heavy (non-hydrogen) atoms. The maximum Gasteiger partial charge on any atom is 0.243 e. The molecule has 4 aromatic carbocycles. The minimum atomic E-state index is -4.00. The van der Waals surface area contributed by atoms with Gasteiger partial charge in [-0.15, -0.1) is 0 Å². The van der Waals surface area contributed by atoms with Crippen LogP contribution < -0.4 is 10.1 Å². The molecule has 0 spiro atoms. The molecule has 1 aliphatic carbocycles. The van der Waals surface area contributed by atoms with Gasteiger partial charge in [0.15, 0.2) is 0 Å². The van der Waals surface area contributed by atoms with Crippen LogP contribution in [0.3, 0.4) is 0 Å². The zero-order chi connectivity index (χ0) is 31.8. The molecular formula is C36H41N3O5S. The molecule has 1 saturated carbocycles. The Morgan fingerprint density at radius 2 is 1.53 bits per heavy atom. The lowest BCUT2D eigenvalue weighted by molar-refractivity contribution is -0.141. The van der Waals surface area contributed by atoms with Crippen LogP contribution in [-0.2, 0) is 32.6 Å². The molecule has 0 heterocycles. The second-order valence-electron chi connectivity index (χ2n) is 11.7. The summed E-state index contributed by atoms with van der Waals surface area (Å²) in [5.74, 6) is -0.0754. The monoisotopic (exact) mass is 627 g/mol. The Bertz CT molecular complexity index is 1720. The van der Waals surface area contributed by atoms with Crippen molar-refractivity contribution in [3.05, 3.63) is 108 Å². The van der Waals surface area contributed by atoms with Crippen molar-refractivity contribution in [1.29, 1.82) is 0 Å². The van der Waals surface area contributed by atoms with E-state index in [0.717, 1.165) is 58.3 Å². The van der Waals surface area contributed by atoms with Crippen molar-refractivity contribution in [2.75, 3.05) is 20.7 Å². The molecular weight excluding hydrogens is 586 g/mol. The molecule has 1 fully saturated rings. The van der Waals surface area contributed by atoms with Crippen molar-refractivity contribution in [2.45, 2.75) is 62.0 Å². The van der Waals surface area contributed by atoms with E-state index in [0.29, 0.717) is 5.75 Å². The SMILES string of the molecule is COc1cccc(CN(C(=O)CN(C)S(=O)(=O)c2ccc3ccccc3c2)C(Cc2ccccc2)C(=O)NC2CCCCC2)c1. The number of carbonyl (C=O) groups is 2. The molecule has 0 aromatic heterocycles. The number of methoxy groups -OCH3 is 1. The lowest BCUT2D eigenvalue weighted by Crippen LogP contribution is -2.54. The number of rotatable bonds is 12. The summed E-state index contributed by atoms with van der Waals surface area (Å²) in [5.41, 5.74) is 1.67. The summed E-state index contributed by atoms with van der Waals surface area (Å²) < 4.78 is 33.9. The topological polar surface area (TPSA) is 96.0 Å². The van der Waals surface area contributed by atoms with Gasteiger partial charge in [0.05, 0.1) is 18.6 Å². The molecule has 5 rings (SSSR count). The molecule has 8 nitrogen and oxygen atoms in total. The Balaban J connectivity index is 1.46. The lowest BCUT2D eigenvalue weighted by Gasteiger charge is -2.34. The van der Waals surface area contributed by atoms with Crippen LogP contribution in [0.4, 0.5) is 0 Å². The third-order valence-corrected chi connectivity index (χ3v) is 10.3. The summed E-state index contributed by atoms with van der Waals surface area (Å²) >= 11 is 0. The van der Waals surface area contributed by atoms with Gasteiger partial charge in [0.1, 0.15) is 11.8 Å². The number of benzene rings is 4. The van der Waals surface area contributed by atoms with Crippen LogP contribution in [-0.4, -0.2) is 62.2 Å². The Kier molecular flexibility index (Phi) is 10.5. The second kappa shape index (κ2) is 14.7. The predicted molar refractivity (Wildman–Crippen MR) is 176 cm³/mol. The molecule has 0 bridgehead atoms. The number of hydrogen-bond donors (Lipinski definition) is 1. The minimum absolute atomic E-state index is 0.0502. The molecule has 1 aliphatic rings. The molecule has 9 heteroatoms. The highest BCUT2D eigenvalue weighted by molar-refractivity contribution is 7.89. The van der Waals surface area contributed by atoms with Gasteiger partial charge < -0.3 is 15.0 Å². The van der Waals surface area contributed by atoms with Crippen LogP contribution in [0, 0.1) is 0 Å². The van der Waals surface area contributed by atoms with Crippen LogP contribution in [0.5, 0.6) is 5.75 Å². The third kappa shape index (κ3) is 8.09. The summed E-state index contributed by atoms with van der Waals surface area (Å²) in [6.07, 6.45) is 5.35. The Labute approximate surface area is 266 Å². The standard InChI is InChI=1S/C36H41N3O5S/c1-38(45(42,43)33-21-20-29-15-9-10-16-30(29)24-33)26-35(40)39(25-28-14-11-19-32(22-28)44-2)34(23-27-12-5-3-6-13-27)36(41)37-31-17-7-4-8-18-31/h3,5-6,9-16,19-22,24,31,34H,4,7-8,17-18,23,25-26H2,1-2H3,(H,37,41). The van der Waals surface area contributed by atoms with Crippen molar-refractivity contribution < 1.29 is 22.7 Å². The van der Waals surface area contributed by atoms with Crippen LogP contribution in [0.25, 0.3) is 10.8 Å². The molecule has 1 N–H and O–H groups in total. The predicted octanol–water partition coefficient (Wildman–Crippen LogP) is 5.56. The van der Waals surface area contributed by atoms with Gasteiger partial charge in [-0.3, -0.25) is 9.59 Å². The zero-order valence-electron chi connectivity index (χ0n) is 25.9. The van der Waals surface area contributed by atoms with E-state index >= 15 is 0 Å². The number of fused-ring (bicyclic) bond motifs is 1. The minimum Gasteiger partial charge on any atom is -0.497 e. The summed E-state index contributed by atoms with van der Waals surface area (Å²) in [7, 11) is -1.03. The fourth-order valence-electron chi connectivity index (χ4n) is 5.94. The molecule has 4 aromatic rings. The number of amides is 2. The van der Waals surface area contributed by atoms with Gasteiger partial charge in [-0.2, -0.15) is 4.31 Å². The van der Waals surface area contributed by atoms with Crippen molar-refractivity contribution in [2.24, 2.45) is 0 Å². The van der Waals surface area contributed by atoms with Crippen LogP contribution in [0.2, 0.25) is 0 Å². The van der Waals surface area contributed by atoms with E-state index in [4.69, 9.17) is 4.74 Å². The van der Waals surface area contributed by atoms with Gasteiger partial charge in [-0.05, 0) is 59.0 Å². The van der Waals surface area contributed by atoms with Crippen molar-refractivity contribution in [3.63, 3.8) is 0 Å². The van der Waals surface area contributed by atoms with Crippen molar-refractivity contribution in [3.8, 4) is 5.75 Å². The highest BCUT2D eigenvalue weighted by atomic mass is 32.2. The van der Waals surface area contributed by atoms with E-state index in [2.05, 4.69) is 5.32 Å². The van der Waals surface area contributed by atoms with Gasteiger partial charge in [-0.25, -0.2) is 8.42 Å². The number of hydrogen-bond acceptors (Lipinski definition) is 5. The largest absolute Gasteiger partial charge is 0.497 e. The third-order valence-electron chi connectivity index (χ3n) is 8.50. The fourth-order valence-corrected chi connectivity index (χ4v) is 7.10. The number of ether oxygens (including phenoxy) is 1. The van der Waals surface area contributed by atoms with E-state index in [1.54, 1.807) is 25.3 Å². The van der Waals surface area contributed by atoms with Gasteiger partial charge in [0.2, 0.25) is 21.8 Å². The lowest BCUT2D eigenvalue weighted by atomic mass is 9.94. The Hall–Kier alpha value is -4.21. The summed E-state index contributed by atoms with van der Waals surface area (Å²) in [6.45, 7) is -0.323. The summed E-state index contributed by atoms with van der Waals surface area (Å²) in [6, 6.07) is 28.6. The summed E-state index contributed by atoms with van der Waals surface area (Å²) in [5, 5.41) is 4.94. The quantitative estimate of drug-likeness (QED) is 0.222. The maximum atomic E-state index is 14.2. The maximum absolute atomic E-state index is 14.2. The average molecular weight is 628 g/mol. The molecule has 1 unspecified atom stereocenters. The molecule has 0 radical (unpaired) electrons. The van der Waals surface area contributed by atoms with E-state index in [-0.39, 0.29) is 29.8 Å². The smallest absolute Gasteiger partial charge is 0.243 e. The molecule has 236 valence electrons. The first-order valence-electron chi connectivity index (χ1n) is 15.5. The highest BCUT2D eigenvalue weighted by Crippen LogP contribution is 2.24. The summed E-state index contributed by atoms with van der Waals surface area (Å²) in [4.78, 5) is 29.9. The van der Waals surface area contributed by atoms with Gasteiger partial charge in [0.25, 0.3) is 0 Å². The van der Waals surface area contributed by atoms with E-state index in [1.807, 2.05) is 78.9 Å². The number of sulfonamides is 1. The zero-order valence-corrected chi connectivity index (χ0v) is 26.7. The highest BCUT2D eigenvalue weighted by Gasteiger charge is 2.34. The van der Waals surface area contributed by atoms with Crippen LogP contribution in [0.1, 0.15) is 43.2 Å². The first-order chi connectivity index (χ1) is 21.7. The van der Waals surface area contributed by atoms with Crippen LogP contribution >= 0.6 is 0 Å². The van der Waals surface area contributed by atoms with Crippen LogP contribution in [0.15, 0.2) is 102 Å². The fraction of sp³-hybridized carbons (Fsp3) is 0.333. The number of carbonyl (C=O) groups excluding carboxylic acids is 2. The number of likely N-dealkylation sites (N-methyl/N-ethyl adjacent to an activating group) is 1. The van der Waals surface area contributed by atoms with Gasteiger partial charge >= 0.3 is 0 Å². The molecule has 2 amide bonds. The first-order valence-corrected chi connectivity index (χ1v) is 16.9. The Morgan fingerprint density at radius 1 is 0.844 bits per heavy atom. The van der Waals surface area contributed by atoms with Gasteiger partial charge in [0, 0.05) is 26.1 Å². The number of nitrogens with one attached hydrogen (secondary N) is 1. The average Bonchev–Trinajstić information content (AvgIpc) is 3.07. The molecule has 0 aliphatic heterocycles. The normalized spacial score (nSPS) is 14.6. The molecule has 0 saturated heterocycles. The van der Waals surface area contributed by atoms with E-state index in [9.17, 15) is 18.0 Å². The van der Waals surface area contributed by atoms with E-state index in [1.165, 1.54) is 11.9 Å². The second-order valence-corrected chi connectivity index (χ2v) is 13.7. The van der Waals surface area contributed by atoms with Crippen molar-refractivity contribution in [1.82, 2.24) is 14.5 Å². The number of nitrogens with zero attached hydrogens (tertiary/aromatic N) is 2. The Morgan fingerprint density at radius 3 is 2.27 bits per heavy atom. The molecule has 1 atom stereocenters. The first kappa shape index (κ1) is 32.2.